The highest BCUT2D eigenvalue weighted by molar-refractivity contribution is 7.89. The first kappa shape index (κ1) is 14.2. The fourth-order valence-electron chi connectivity index (χ4n) is 1.64. The molecule has 0 heterocycles. The first-order valence-corrected chi connectivity index (χ1v) is 7.26. The van der Waals surface area contributed by atoms with Crippen molar-refractivity contribution in [3.63, 3.8) is 0 Å². The van der Waals surface area contributed by atoms with E-state index in [4.69, 9.17) is 0 Å². The predicted molar refractivity (Wildman–Crippen MR) is 70.4 cm³/mol. The normalized spacial score (nSPS) is 14.3. The highest BCUT2D eigenvalue weighted by atomic mass is 32.2. The molecule has 0 saturated heterocycles. The molecule has 0 N–H and O–H groups in total. The first-order chi connectivity index (χ1) is 7.78. The minimum Gasteiger partial charge on any atom is -0.207 e. The second-order valence-electron chi connectivity index (χ2n) is 4.77. The Labute approximate surface area is 105 Å². The van der Waals surface area contributed by atoms with Crippen molar-refractivity contribution in [2.75, 3.05) is 7.05 Å². The van der Waals surface area contributed by atoms with E-state index in [1.54, 1.807) is 19.2 Å². The van der Waals surface area contributed by atoms with Gasteiger partial charge in [-0.05, 0) is 31.4 Å². The van der Waals surface area contributed by atoms with Crippen molar-refractivity contribution in [3.8, 4) is 0 Å². The van der Waals surface area contributed by atoms with E-state index in [0.717, 1.165) is 5.56 Å². The van der Waals surface area contributed by atoms with Crippen LogP contribution < -0.4 is 0 Å². The van der Waals surface area contributed by atoms with Crippen LogP contribution in [0.25, 0.3) is 0 Å². The lowest BCUT2D eigenvalue weighted by molar-refractivity contribution is 0.315. The molecule has 0 aliphatic carbocycles. The summed E-state index contributed by atoms with van der Waals surface area (Å²) >= 11 is 0. The van der Waals surface area contributed by atoms with E-state index in [9.17, 15) is 8.42 Å². The summed E-state index contributed by atoms with van der Waals surface area (Å²) < 4.78 is 26.3. The number of hydrogen-bond donors (Lipinski definition) is 0. The van der Waals surface area contributed by atoms with Gasteiger partial charge in [-0.2, -0.15) is 4.31 Å². The summed E-state index contributed by atoms with van der Waals surface area (Å²) in [6, 6.07) is 7.07. The fraction of sp³-hybridized carbons (Fsp3) is 0.538. The van der Waals surface area contributed by atoms with Gasteiger partial charge in [0.1, 0.15) is 0 Å². The van der Waals surface area contributed by atoms with Crippen molar-refractivity contribution in [2.45, 2.75) is 38.6 Å². The van der Waals surface area contributed by atoms with Gasteiger partial charge in [-0.3, -0.25) is 0 Å². The Kier molecular flexibility index (Phi) is 4.33. The average molecular weight is 255 g/mol. The molecule has 1 aromatic carbocycles. The summed E-state index contributed by atoms with van der Waals surface area (Å²) in [7, 11) is -1.74. The molecule has 0 aliphatic heterocycles. The van der Waals surface area contributed by atoms with Crippen molar-refractivity contribution >= 4 is 10.0 Å². The van der Waals surface area contributed by atoms with E-state index in [0.29, 0.717) is 10.8 Å². The van der Waals surface area contributed by atoms with Crippen LogP contribution in [-0.2, 0) is 10.0 Å². The molecule has 0 aromatic heterocycles. The molecule has 0 fully saturated rings. The van der Waals surface area contributed by atoms with E-state index in [1.165, 1.54) is 4.31 Å². The number of nitrogens with zero attached hydrogens (tertiary/aromatic N) is 1. The lowest BCUT2D eigenvalue weighted by atomic mass is 10.1. The Morgan fingerprint density at radius 1 is 1.12 bits per heavy atom. The third-order valence-electron chi connectivity index (χ3n) is 3.29. The first-order valence-electron chi connectivity index (χ1n) is 5.82. The maximum absolute atomic E-state index is 12.4. The molecule has 0 amide bonds. The molecule has 96 valence electrons. The van der Waals surface area contributed by atoms with Crippen molar-refractivity contribution < 1.29 is 8.42 Å². The van der Waals surface area contributed by atoms with Gasteiger partial charge in [0.15, 0.2) is 0 Å². The summed E-state index contributed by atoms with van der Waals surface area (Å²) in [5.41, 5.74) is 0.787. The highest BCUT2D eigenvalue weighted by Gasteiger charge is 2.27. The zero-order valence-corrected chi connectivity index (χ0v) is 12.0. The molecule has 1 rings (SSSR count). The second kappa shape index (κ2) is 5.19. The van der Waals surface area contributed by atoms with Crippen LogP contribution in [0.5, 0.6) is 0 Å². The number of aryl methyl sites for hydroxylation is 1. The van der Waals surface area contributed by atoms with Crippen molar-refractivity contribution in [1.29, 1.82) is 0 Å². The maximum atomic E-state index is 12.4. The molecule has 0 spiro atoms. The van der Waals surface area contributed by atoms with Gasteiger partial charge in [-0.25, -0.2) is 8.42 Å². The van der Waals surface area contributed by atoms with Crippen LogP contribution in [0.15, 0.2) is 29.2 Å². The van der Waals surface area contributed by atoms with E-state index in [-0.39, 0.29) is 6.04 Å². The van der Waals surface area contributed by atoms with Gasteiger partial charge in [0.25, 0.3) is 0 Å². The minimum atomic E-state index is -3.38. The van der Waals surface area contributed by atoms with Gasteiger partial charge in [-0.15, -0.1) is 0 Å². The van der Waals surface area contributed by atoms with Crippen LogP contribution in [0.2, 0.25) is 0 Å². The summed E-state index contributed by atoms with van der Waals surface area (Å²) in [4.78, 5) is 0.398. The Hall–Kier alpha value is -0.870. The van der Waals surface area contributed by atoms with E-state index < -0.39 is 10.0 Å². The summed E-state index contributed by atoms with van der Waals surface area (Å²) in [6.07, 6.45) is 0. The number of hydrogen-bond acceptors (Lipinski definition) is 2. The van der Waals surface area contributed by atoms with Crippen molar-refractivity contribution in [1.82, 2.24) is 4.31 Å². The largest absolute Gasteiger partial charge is 0.243 e. The van der Waals surface area contributed by atoms with Crippen molar-refractivity contribution in [2.24, 2.45) is 5.92 Å². The molecule has 0 bridgehead atoms. The predicted octanol–water partition coefficient (Wildman–Crippen LogP) is 2.66. The maximum Gasteiger partial charge on any atom is 0.243 e. The molecular formula is C13H21NO2S. The van der Waals surface area contributed by atoms with Gasteiger partial charge in [0.2, 0.25) is 10.0 Å². The standard InChI is InChI=1S/C13H21NO2S/c1-10(2)12(4)14(5)17(15,16)13-9-7-6-8-11(13)3/h6-10,12H,1-5H3. The monoisotopic (exact) mass is 255 g/mol. The third-order valence-corrected chi connectivity index (χ3v) is 5.39. The Bertz CT molecular complexity index is 480. The molecule has 1 unspecified atom stereocenters. The fourth-order valence-corrected chi connectivity index (χ4v) is 3.36. The van der Waals surface area contributed by atoms with Gasteiger partial charge in [-0.1, -0.05) is 32.0 Å². The zero-order chi connectivity index (χ0) is 13.2. The highest BCUT2D eigenvalue weighted by Crippen LogP contribution is 2.22. The Balaban J connectivity index is 3.17. The molecule has 3 nitrogen and oxygen atoms in total. The van der Waals surface area contributed by atoms with Crippen LogP contribution in [-0.4, -0.2) is 25.8 Å². The Morgan fingerprint density at radius 2 is 1.65 bits per heavy atom. The van der Waals surface area contributed by atoms with Gasteiger partial charge >= 0.3 is 0 Å². The van der Waals surface area contributed by atoms with Gasteiger partial charge in [0.05, 0.1) is 4.90 Å². The van der Waals surface area contributed by atoms with Gasteiger partial charge in [0, 0.05) is 13.1 Å². The van der Waals surface area contributed by atoms with Crippen LogP contribution in [0, 0.1) is 12.8 Å². The minimum absolute atomic E-state index is 0.0143. The molecule has 17 heavy (non-hydrogen) atoms. The molecule has 0 aliphatic rings. The molecule has 4 heteroatoms. The van der Waals surface area contributed by atoms with Crippen LogP contribution >= 0.6 is 0 Å². The summed E-state index contributed by atoms with van der Waals surface area (Å²) in [5, 5.41) is 0. The molecule has 1 aromatic rings. The zero-order valence-electron chi connectivity index (χ0n) is 11.1. The van der Waals surface area contributed by atoms with E-state index in [1.807, 2.05) is 39.8 Å². The van der Waals surface area contributed by atoms with E-state index in [2.05, 4.69) is 0 Å². The molecule has 0 saturated carbocycles. The molecular weight excluding hydrogens is 234 g/mol. The van der Waals surface area contributed by atoms with Crippen LogP contribution in [0.3, 0.4) is 0 Å². The number of rotatable bonds is 4. The summed E-state index contributed by atoms with van der Waals surface area (Å²) in [5.74, 6) is 0.291. The van der Waals surface area contributed by atoms with E-state index >= 15 is 0 Å². The quantitative estimate of drug-likeness (QED) is 0.829. The third kappa shape index (κ3) is 2.87. The lowest BCUT2D eigenvalue weighted by Gasteiger charge is -2.27. The number of benzene rings is 1. The lowest BCUT2D eigenvalue weighted by Crippen LogP contribution is -2.38. The SMILES string of the molecule is Cc1ccccc1S(=O)(=O)N(C)C(C)C(C)C. The number of sulfonamides is 1. The molecule has 1 atom stereocenters. The topological polar surface area (TPSA) is 37.4 Å². The van der Waals surface area contributed by atoms with Crippen LogP contribution in [0.1, 0.15) is 26.3 Å². The Morgan fingerprint density at radius 3 is 2.12 bits per heavy atom. The summed E-state index contributed by atoms with van der Waals surface area (Å²) in [6.45, 7) is 7.80. The molecule has 0 radical (unpaired) electrons. The average Bonchev–Trinajstić information content (AvgIpc) is 2.27. The van der Waals surface area contributed by atoms with Crippen molar-refractivity contribution in [3.05, 3.63) is 29.8 Å². The second-order valence-corrected chi connectivity index (χ2v) is 6.74. The van der Waals surface area contributed by atoms with Gasteiger partial charge < -0.3 is 0 Å². The smallest absolute Gasteiger partial charge is 0.207 e. The van der Waals surface area contributed by atoms with Crippen LogP contribution in [0.4, 0.5) is 0 Å².